The number of nitrogens with one attached hydrogen (secondary N) is 2. The Morgan fingerprint density at radius 1 is 0.882 bits per heavy atom. The fraction of sp³-hybridized carbons (Fsp3) is 0.576. The minimum Gasteiger partial charge on any atom is -0.450 e. The van der Waals surface area contributed by atoms with Gasteiger partial charge in [-0.3, -0.25) is 4.79 Å². The third-order valence-electron chi connectivity index (χ3n) is 6.74. The minimum absolute atomic E-state index is 0. The van der Waals surface area contributed by atoms with Crippen LogP contribution < -0.4 is 20.4 Å². The van der Waals surface area contributed by atoms with Gasteiger partial charge in [0.15, 0.2) is 5.78 Å². The number of carbonyl (C=O) groups is 3. The monoisotopic (exact) mass is 787 g/mol. The van der Waals surface area contributed by atoms with Crippen molar-refractivity contribution >= 4 is 29.7 Å². The zero-order chi connectivity index (χ0) is 37.2. The van der Waals surface area contributed by atoms with Crippen LogP contribution in [0.15, 0.2) is 37.2 Å². The summed E-state index contributed by atoms with van der Waals surface area (Å²) >= 11 is 0. The molecule has 3 aromatic rings. The number of aliphatic hydroxyl groups excluding tert-OH is 1. The van der Waals surface area contributed by atoms with Crippen molar-refractivity contribution in [1.82, 2.24) is 45.6 Å². The van der Waals surface area contributed by atoms with E-state index in [9.17, 15) is 14.4 Å². The van der Waals surface area contributed by atoms with Crippen molar-refractivity contribution in [3.8, 4) is 0 Å². The van der Waals surface area contributed by atoms with Crippen LogP contribution in [0.3, 0.4) is 0 Å². The molecule has 0 saturated carbocycles. The zero-order valence-electron chi connectivity index (χ0n) is 30.8. The number of aromatic nitrogens is 7. The molecule has 0 bridgehead atoms. The van der Waals surface area contributed by atoms with E-state index in [1.165, 1.54) is 0 Å². The van der Waals surface area contributed by atoms with Crippen molar-refractivity contribution in [2.24, 2.45) is 5.41 Å². The van der Waals surface area contributed by atoms with E-state index in [-0.39, 0.29) is 56.5 Å². The molecule has 18 heteroatoms. The minimum atomic E-state index is -0.453. The molecule has 3 aromatic heterocycles. The number of ketones is 1. The first-order valence-corrected chi connectivity index (χ1v) is 16.4. The van der Waals surface area contributed by atoms with Crippen molar-refractivity contribution in [2.75, 3.05) is 69.0 Å². The summed E-state index contributed by atoms with van der Waals surface area (Å²) in [5, 5.41) is 21.0. The number of anilines is 2. The van der Waals surface area contributed by atoms with Gasteiger partial charge < -0.3 is 46.7 Å². The van der Waals surface area contributed by atoms with Crippen LogP contribution in [0.1, 0.15) is 64.4 Å². The van der Waals surface area contributed by atoms with Crippen molar-refractivity contribution in [1.29, 1.82) is 0 Å². The molecule has 17 nitrogen and oxygen atoms in total. The van der Waals surface area contributed by atoms with Crippen LogP contribution in [0.2, 0.25) is 0 Å². The summed E-state index contributed by atoms with van der Waals surface area (Å²) in [7, 11) is 0. The number of hydrogen-bond acceptors (Lipinski definition) is 14. The van der Waals surface area contributed by atoms with Gasteiger partial charge in [-0.25, -0.2) is 29.4 Å². The van der Waals surface area contributed by atoms with Crippen LogP contribution in [0, 0.1) is 12.3 Å². The van der Waals surface area contributed by atoms with Crippen LogP contribution in [0.4, 0.5) is 16.7 Å². The predicted molar refractivity (Wildman–Crippen MR) is 187 cm³/mol. The van der Waals surface area contributed by atoms with Gasteiger partial charge in [0, 0.05) is 114 Å². The Hall–Kier alpha value is -3.80. The topological polar surface area (TPSA) is 203 Å². The van der Waals surface area contributed by atoms with E-state index >= 15 is 0 Å². The molecular formula is C33H52N11O6Y-. The number of amides is 2. The van der Waals surface area contributed by atoms with Crippen molar-refractivity contribution in [3.63, 3.8) is 0 Å². The van der Waals surface area contributed by atoms with Crippen molar-refractivity contribution in [2.45, 2.75) is 60.5 Å². The summed E-state index contributed by atoms with van der Waals surface area (Å²) in [6.45, 7) is 21.7. The summed E-state index contributed by atoms with van der Waals surface area (Å²) in [6.07, 6.45) is 9.73. The second-order valence-electron chi connectivity index (χ2n) is 13.0. The largest absolute Gasteiger partial charge is 0.450 e. The second kappa shape index (κ2) is 22.9. The molecule has 1 radical (unpaired) electrons. The fourth-order valence-corrected chi connectivity index (χ4v) is 4.08. The Labute approximate surface area is 325 Å². The van der Waals surface area contributed by atoms with Gasteiger partial charge in [-0.15, -0.1) is 5.10 Å². The standard InChI is InChI=1S/C20H26N7O2.C7H15NO4.C6H11N3.Y/c1-14(28)21-9-15-10-22-18(23-11-15)26-5-7-27(8-6-26)19-24-12-16(13-25-19)17(29)20(2,3)4;1-2-12-7(10)8-3-5-11-6-4-9;1-6(2,3)9-5-4-7-8-9;/h10-13H,1,5-9H2,2-4H3,(H,21,28);9H,2-6H2,1H3,(H,8,10);4-5H,1-3H3;/q-1;;;. The molecule has 1 aliphatic rings. The first-order valence-electron chi connectivity index (χ1n) is 16.4. The summed E-state index contributed by atoms with van der Waals surface area (Å²) < 4.78 is 11.3. The van der Waals surface area contributed by atoms with Crippen LogP contribution in [-0.4, -0.2) is 117 Å². The van der Waals surface area contributed by atoms with Gasteiger partial charge in [0.2, 0.25) is 11.9 Å². The Balaban J connectivity index is 0.000000486. The Bertz CT molecular complexity index is 1420. The van der Waals surface area contributed by atoms with Crippen LogP contribution >= 0.6 is 0 Å². The van der Waals surface area contributed by atoms with E-state index in [1.807, 2.05) is 31.6 Å². The number of Topliss-reactive ketones (excluding diaryl/α,β-unsaturated/α-hetero) is 1. The van der Waals surface area contributed by atoms with E-state index in [1.54, 1.807) is 37.9 Å². The van der Waals surface area contributed by atoms with E-state index in [2.05, 4.69) is 83.1 Å². The third-order valence-corrected chi connectivity index (χ3v) is 6.74. The molecule has 0 aliphatic carbocycles. The summed E-state index contributed by atoms with van der Waals surface area (Å²) in [5.41, 5.74) is 0.966. The molecule has 0 aromatic carbocycles. The number of carbonyl (C=O) groups excluding carboxylic acids is 3. The molecule has 0 spiro atoms. The quantitative estimate of drug-likeness (QED) is 0.145. The van der Waals surface area contributed by atoms with Gasteiger partial charge in [-0.05, 0) is 27.7 Å². The number of hydrogen-bond donors (Lipinski definition) is 3. The van der Waals surface area contributed by atoms with Gasteiger partial charge in [0.05, 0.1) is 49.6 Å². The van der Waals surface area contributed by atoms with Gasteiger partial charge in [-0.1, -0.05) is 26.0 Å². The first kappa shape index (κ1) is 45.2. The molecule has 4 rings (SSSR count). The van der Waals surface area contributed by atoms with Gasteiger partial charge >= 0.3 is 6.09 Å². The number of piperazine rings is 1. The maximum atomic E-state index is 12.3. The summed E-state index contributed by atoms with van der Waals surface area (Å²) in [4.78, 5) is 55.5. The van der Waals surface area contributed by atoms with Gasteiger partial charge in [0.1, 0.15) is 0 Å². The summed E-state index contributed by atoms with van der Waals surface area (Å²) in [6, 6.07) is 0. The average molecular weight is 788 g/mol. The van der Waals surface area contributed by atoms with Crippen LogP contribution in [0.5, 0.6) is 0 Å². The van der Waals surface area contributed by atoms with E-state index in [0.717, 1.165) is 31.7 Å². The number of alkyl carbamates (subject to hydrolysis) is 1. The molecule has 51 heavy (non-hydrogen) atoms. The van der Waals surface area contributed by atoms with E-state index < -0.39 is 11.5 Å². The molecule has 0 unspecified atom stereocenters. The molecule has 2 amide bonds. The average Bonchev–Trinajstić information content (AvgIpc) is 3.64. The first-order chi connectivity index (χ1) is 23.6. The smallest absolute Gasteiger partial charge is 0.407 e. The molecule has 1 aliphatic heterocycles. The normalized spacial score (nSPS) is 12.6. The number of rotatable bonds is 11. The maximum absolute atomic E-state index is 12.3. The molecule has 1 fully saturated rings. The molecule has 1 saturated heterocycles. The van der Waals surface area contributed by atoms with Crippen molar-refractivity contribution < 1.29 is 61.7 Å². The second-order valence-corrected chi connectivity index (χ2v) is 13.0. The van der Waals surface area contributed by atoms with Crippen molar-refractivity contribution in [3.05, 3.63) is 55.2 Å². The predicted octanol–water partition coefficient (Wildman–Crippen LogP) is 2.04. The third kappa shape index (κ3) is 17.3. The Morgan fingerprint density at radius 2 is 1.43 bits per heavy atom. The molecule has 4 heterocycles. The number of ether oxygens (including phenoxy) is 2. The number of nitrogens with zero attached hydrogens (tertiary/aromatic N) is 9. The van der Waals surface area contributed by atoms with Gasteiger partial charge in [0.25, 0.3) is 0 Å². The zero-order valence-corrected chi connectivity index (χ0v) is 33.7. The number of aliphatic hydroxyl groups is 1. The molecular weight excluding hydrogens is 735 g/mol. The van der Waals surface area contributed by atoms with Crippen LogP contribution in [-0.2, 0) is 59.1 Å². The Morgan fingerprint density at radius 3 is 1.84 bits per heavy atom. The molecule has 3 N–H and O–H groups in total. The fourth-order valence-electron chi connectivity index (χ4n) is 4.08. The Kier molecular flexibility index (Phi) is 20.3. The SMILES string of the molecule is CC(C)(C)n1ccnn1.CCOC(=O)NCCOCCO.[CH2-]C(=O)NCc1cnc(N2CCN(c3ncc(C(=O)C(C)(C)C)cn3)CC2)nc1.[Y]. The molecule has 0 atom stereocenters. The van der Waals surface area contributed by atoms with Crippen LogP contribution in [0.25, 0.3) is 0 Å². The van der Waals surface area contributed by atoms with E-state index in [0.29, 0.717) is 50.4 Å². The molecule has 279 valence electrons. The van der Waals surface area contributed by atoms with Gasteiger partial charge in [-0.2, -0.15) is 0 Å². The summed E-state index contributed by atoms with van der Waals surface area (Å²) in [5.74, 6) is 0.976. The van der Waals surface area contributed by atoms with E-state index in [4.69, 9.17) is 9.84 Å². The maximum Gasteiger partial charge on any atom is 0.407 e.